The van der Waals surface area contributed by atoms with Crippen molar-refractivity contribution < 1.29 is 14.3 Å². The summed E-state index contributed by atoms with van der Waals surface area (Å²) in [4.78, 5) is 26.9. The summed E-state index contributed by atoms with van der Waals surface area (Å²) in [5.41, 5.74) is 1.88. The topological polar surface area (TPSA) is 58.6 Å². The maximum atomic E-state index is 12.9. The summed E-state index contributed by atoms with van der Waals surface area (Å²) in [6.07, 6.45) is 6.22. The molecular formula is C20H28N2O3. The molecule has 0 radical (unpaired) electrons. The van der Waals surface area contributed by atoms with Crippen molar-refractivity contribution in [2.75, 3.05) is 25.2 Å². The third-order valence-corrected chi connectivity index (χ3v) is 5.45. The van der Waals surface area contributed by atoms with Gasteiger partial charge in [-0.25, -0.2) is 0 Å². The average Bonchev–Trinajstić information content (AvgIpc) is 2.51. The van der Waals surface area contributed by atoms with Crippen molar-refractivity contribution >= 4 is 17.5 Å². The van der Waals surface area contributed by atoms with Gasteiger partial charge in [0.2, 0.25) is 11.8 Å². The van der Waals surface area contributed by atoms with Crippen LogP contribution in [-0.4, -0.2) is 32.1 Å². The van der Waals surface area contributed by atoms with E-state index in [1.807, 2.05) is 29.2 Å². The predicted octanol–water partition coefficient (Wildman–Crippen LogP) is 2.88. The van der Waals surface area contributed by atoms with Crippen molar-refractivity contribution in [2.24, 2.45) is 11.8 Å². The molecule has 1 N–H and O–H groups in total. The van der Waals surface area contributed by atoms with Crippen LogP contribution in [0.25, 0.3) is 0 Å². The first-order valence-corrected chi connectivity index (χ1v) is 9.36. The zero-order valence-electron chi connectivity index (χ0n) is 15.0. The number of amides is 2. The number of ether oxygens (including phenoxy) is 1. The molecule has 2 amide bonds. The molecule has 2 aliphatic rings. The molecule has 0 saturated heterocycles. The molecular weight excluding hydrogens is 316 g/mol. The van der Waals surface area contributed by atoms with E-state index in [4.69, 9.17) is 4.74 Å². The van der Waals surface area contributed by atoms with Gasteiger partial charge in [0.05, 0.1) is 6.61 Å². The highest BCUT2D eigenvalue weighted by molar-refractivity contribution is 5.96. The van der Waals surface area contributed by atoms with Gasteiger partial charge in [-0.2, -0.15) is 0 Å². The lowest BCUT2D eigenvalue weighted by Crippen LogP contribution is -2.41. The molecule has 1 aromatic carbocycles. The SMILES string of the molecule is COCCN(C(=O)C1CCC1)c1ccccc1CNC(=O)C1CCC1. The van der Waals surface area contributed by atoms with Crippen LogP contribution in [0.1, 0.15) is 44.1 Å². The molecule has 136 valence electrons. The zero-order valence-corrected chi connectivity index (χ0v) is 15.0. The van der Waals surface area contributed by atoms with Gasteiger partial charge in [0.25, 0.3) is 0 Å². The first-order chi connectivity index (χ1) is 12.2. The Morgan fingerprint density at radius 1 is 1.12 bits per heavy atom. The molecule has 0 aliphatic heterocycles. The van der Waals surface area contributed by atoms with E-state index in [2.05, 4.69) is 5.32 Å². The van der Waals surface area contributed by atoms with Crippen LogP contribution in [0, 0.1) is 11.8 Å². The summed E-state index contributed by atoms with van der Waals surface area (Å²) >= 11 is 0. The largest absolute Gasteiger partial charge is 0.383 e. The summed E-state index contributed by atoms with van der Waals surface area (Å²) < 4.78 is 5.20. The number of hydrogen-bond acceptors (Lipinski definition) is 3. The number of anilines is 1. The highest BCUT2D eigenvalue weighted by Crippen LogP contribution is 2.31. The van der Waals surface area contributed by atoms with Crippen LogP contribution in [-0.2, 0) is 20.9 Å². The molecule has 0 heterocycles. The van der Waals surface area contributed by atoms with Gasteiger partial charge >= 0.3 is 0 Å². The Labute approximate surface area is 149 Å². The van der Waals surface area contributed by atoms with Gasteiger partial charge in [0.1, 0.15) is 0 Å². The van der Waals surface area contributed by atoms with Gasteiger partial charge in [-0.3, -0.25) is 9.59 Å². The molecule has 5 nitrogen and oxygen atoms in total. The summed E-state index contributed by atoms with van der Waals surface area (Å²) in [6, 6.07) is 7.86. The number of carbonyl (C=O) groups is 2. The minimum Gasteiger partial charge on any atom is -0.383 e. The molecule has 25 heavy (non-hydrogen) atoms. The summed E-state index contributed by atoms with van der Waals surface area (Å²) in [6.45, 7) is 1.51. The Morgan fingerprint density at radius 3 is 2.40 bits per heavy atom. The summed E-state index contributed by atoms with van der Waals surface area (Å²) in [7, 11) is 1.65. The van der Waals surface area contributed by atoms with Crippen LogP contribution in [0.2, 0.25) is 0 Å². The van der Waals surface area contributed by atoms with E-state index in [-0.39, 0.29) is 23.7 Å². The fraction of sp³-hybridized carbons (Fsp3) is 0.600. The van der Waals surface area contributed by atoms with E-state index in [1.54, 1.807) is 7.11 Å². The second-order valence-electron chi connectivity index (χ2n) is 7.08. The third-order valence-electron chi connectivity index (χ3n) is 5.45. The molecule has 2 fully saturated rings. The Kier molecular flexibility index (Phi) is 6.08. The fourth-order valence-electron chi connectivity index (χ4n) is 3.33. The molecule has 1 aromatic rings. The standard InChI is InChI=1S/C20H28N2O3/c1-25-13-12-22(20(24)16-9-5-10-16)18-11-3-2-6-17(18)14-21-19(23)15-7-4-8-15/h2-3,6,11,15-16H,4-5,7-10,12-14H2,1H3,(H,21,23). The lowest BCUT2D eigenvalue weighted by atomic mass is 9.84. The number of methoxy groups -OCH3 is 1. The number of nitrogens with one attached hydrogen (secondary N) is 1. The van der Waals surface area contributed by atoms with Gasteiger partial charge in [0.15, 0.2) is 0 Å². The van der Waals surface area contributed by atoms with Gasteiger partial charge in [-0.15, -0.1) is 0 Å². The quantitative estimate of drug-likeness (QED) is 0.789. The Hall–Kier alpha value is -1.88. The van der Waals surface area contributed by atoms with Crippen LogP contribution in [0.3, 0.4) is 0 Å². The minimum atomic E-state index is 0.134. The van der Waals surface area contributed by atoms with E-state index in [1.165, 1.54) is 0 Å². The smallest absolute Gasteiger partial charge is 0.230 e. The second kappa shape index (κ2) is 8.48. The van der Waals surface area contributed by atoms with Crippen molar-refractivity contribution in [1.82, 2.24) is 5.32 Å². The number of hydrogen-bond donors (Lipinski definition) is 1. The van der Waals surface area contributed by atoms with Crippen molar-refractivity contribution in [1.29, 1.82) is 0 Å². The first kappa shape index (κ1) is 17.9. The maximum Gasteiger partial charge on any atom is 0.230 e. The van der Waals surface area contributed by atoms with Crippen LogP contribution in [0.5, 0.6) is 0 Å². The lowest BCUT2D eigenvalue weighted by Gasteiger charge is -2.33. The first-order valence-electron chi connectivity index (χ1n) is 9.36. The van der Waals surface area contributed by atoms with Gasteiger partial charge in [0, 0.05) is 37.7 Å². The molecule has 0 atom stereocenters. The maximum absolute atomic E-state index is 12.9. The molecule has 2 aliphatic carbocycles. The third kappa shape index (κ3) is 4.21. The molecule has 5 heteroatoms. The highest BCUT2D eigenvalue weighted by atomic mass is 16.5. The second-order valence-corrected chi connectivity index (χ2v) is 7.08. The van der Waals surface area contributed by atoms with Crippen LogP contribution in [0.15, 0.2) is 24.3 Å². The fourth-order valence-corrected chi connectivity index (χ4v) is 3.33. The molecule has 0 aromatic heterocycles. The average molecular weight is 344 g/mol. The van der Waals surface area contributed by atoms with Crippen LogP contribution >= 0.6 is 0 Å². The highest BCUT2D eigenvalue weighted by Gasteiger charge is 2.31. The Bertz CT molecular complexity index is 609. The molecule has 0 unspecified atom stereocenters. The van der Waals surface area contributed by atoms with Gasteiger partial charge in [-0.1, -0.05) is 31.0 Å². The van der Waals surface area contributed by atoms with Crippen molar-refractivity contribution in [2.45, 2.75) is 45.1 Å². The monoisotopic (exact) mass is 344 g/mol. The predicted molar refractivity (Wildman–Crippen MR) is 97.2 cm³/mol. The van der Waals surface area contributed by atoms with Gasteiger partial charge in [-0.05, 0) is 37.3 Å². The molecule has 0 bridgehead atoms. The summed E-state index contributed by atoms with van der Waals surface area (Å²) in [5, 5.41) is 3.04. The van der Waals surface area contributed by atoms with E-state index in [0.717, 1.165) is 49.8 Å². The Balaban J connectivity index is 1.72. The minimum absolute atomic E-state index is 0.134. The van der Waals surface area contributed by atoms with E-state index >= 15 is 0 Å². The normalized spacial score (nSPS) is 17.5. The molecule has 0 spiro atoms. The van der Waals surface area contributed by atoms with Crippen LogP contribution < -0.4 is 10.2 Å². The molecule has 3 rings (SSSR count). The van der Waals surface area contributed by atoms with Crippen molar-refractivity contribution in [3.05, 3.63) is 29.8 Å². The number of nitrogens with zero attached hydrogens (tertiary/aromatic N) is 1. The van der Waals surface area contributed by atoms with Crippen LogP contribution in [0.4, 0.5) is 5.69 Å². The van der Waals surface area contributed by atoms with Crippen molar-refractivity contribution in [3.63, 3.8) is 0 Å². The van der Waals surface area contributed by atoms with E-state index < -0.39 is 0 Å². The number of para-hydroxylation sites is 1. The Morgan fingerprint density at radius 2 is 1.80 bits per heavy atom. The zero-order chi connectivity index (χ0) is 17.6. The number of rotatable bonds is 8. The number of carbonyl (C=O) groups excluding carboxylic acids is 2. The van der Waals surface area contributed by atoms with E-state index in [9.17, 15) is 9.59 Å². The van der Waals surface area contributed by atoms with E-state index in [0.29, 0.717) is 19.7 Å². The number of benzene rings is 1. The van der Waals surface area contributed by atoms with Crippen molar-refractivity contribution in [3.8, 4) is 0 Å². The molecule has 2 saturated carbocycles. The summed E-state index contributed by atoms with van der Waals surface area (Å²) in [5.74, 6) is 0.624. The van der Waals surface area contributed by atoms with Gasteiger partial charge < -0.3 is 15.0 Å². The lowest BCUT2D eigenvalue weighted by molar-refractivity contribution is -0.127.